The van der Waals surface area contributed by atoms with Crippen molar-refractivity contribution >= 4 is 23.6 Å². The minimum Gasteiger partial charge on any atom is -0.478 e. The topological polar surface area (TPSA) is 63.6 Å². The zero-order valence-electron chi connectivity index (χ0n) is 11.4. The zero-order valence-corrected chi connectivity index (χ0v) is 11.4. The predicted octanol–water partition coefficient (Wildman–Crippen LogP) is 3.24. The van der Waals surface area contributed by atoms with E-state index in [-0.39, 0.29) is 5.57 Å². The molecule has 1 N–H and O–H groups in total. The smallest absolute Gasteiger partial charge is 0.336 e. The summed E-state index contributed by atoms with van der Waals surface area (Å²) in [7, 11) is 0. The molecule has 0 saturated carbocycles. The molecule has 2 aromatic rings. The first-order valence-electron chi connectivity index (χ1n) is 6.35. The number of hydrogen-bond donors (Lipinski definition) is 1. The Morgan fingerprint density at radius 3 is 2.14 bits per heavy atom. The quantitative estimate of drug-likeness (QED) is 0.405. The van der Waals surface area contributed by atoms with Crippen molar-refractivity contribution in [2.75, 3.05) is 0 Å². The van der Waals surface area contributed by atoms with Crippen molar-refractivity contribution < 1.29 is 19.4 Å². The summed E-state index contributed by atoms with van der Waals surface area (Å²) in [6, 6.07) is 15.5. The maximum atomic E-state index is 11.4. The monoisotopic (exact) mass is 282 g/mol. The van der Waals surface area contributed by atoms with Crippen molar-refractivity contribution in [3.05, 3.63) is 65.7 Å². The van der Waals surface area contributed by atoms with Crippen molar-refractivity contribution in [2.45, 2.75) is 6.92 Å². The van der Waals surface area contributed by atoms with Crippen molar-refractivity contribution in [2.24, 2.45) is 0 Å². The molecule has 0 radical (unpaired) electrons. The van der Waals surface area contributed by atoms with Crippen LogP contribution in [0, 0.1) is 0 Å². The molecule has 0 amide bonds. The Bertz CT molecular complexity index is 670. The molecule has 0 unspecified atom stereocenters. The summed E-state index contributed by atoms with van der Waals surface area (Å²) in [6.07, 6.45) is 1.58. The molecular weight excluding hydrogens is 268 g/mol. The van der Waals surface area contributed by atoms with E-state index < -0.39 is 11.9 Å². The highest BCUT2D eigenvalue weighted by molar-refractivity contribution is 6.20. The van der Waals surface area contributed by atoms with Gasteiger partial charge in [0.2, 0.25) is 0 Å². The lowest BCUT2D eigenvalue weighted by molar-refractivity contribution is -0.132. The second-order valence-electron chi connectivity index (χ2n) is 4.39. The number of ether oxygens (including phenoxy) is 1. The van der Waals surface area contributed by atoms with Crippen LogP contribution in [0.5, 0.6) is 5.75 Å². The molecular formula is C17H14O4. The van der Waals surface area contributed by atoms with Gasteiger partial charge in [-0.15, -0.1) is 0 Å². The number of rotatable bonds is 4. The van der Waals surface area contributed by atoms with Crippen LogP contribution in [0.4, 0.5) is 0 Å². The summed E-state index contributed by atoms with van der Waals surface area (Å²) in [5.41, 5.74) is 1.55. The molecule has 4 nitrogen and oxygen atoms in total. The van der Waals surface area contributed by atoms with Crippen LogP contribution < -0.4 is 4.74 Å². The zero-order chi connectivity index (χ0) is 15.2. The van der Waals surface area contributed by atoms with Crippen LogP contribution in [-0.2, 0) is 9.59 Å². The number of esters is 1. The molecule has 0 fully saturated rings. The van der Waals surface area contributed by atoms with Crippen LogP contribution >= 0.6 is 0 Å². The molecule has 0 bridgehead atoms. The van der Waals surface area contributed by atoms with Crippen molar-refractivity contribution in [1.29, 1.82) is 0 Å². The molecule has 106 valence electrons. The third-order valence-electron chi connectivity index (χ3n) is 2.77. The average Bonchev–Trinajstić information content (AvgIpc) is 2.46. The van der Waals surface area contributed by atoms with Gasteiger partial charge in [-0.3, -0.25) is 4.79 Å². The van der Waals surface area contributed by atoms with Crippen molar-refractivity contribution in [3.63, 3.8) is 0 Å². The van der Waals surface area contributed by atoms with Gasteiger partial charge >= 0.3 is 11.9 Å². The lowest BCUT2D eigenvalue weighted by Crippen LogP contribution is -2.01. The number of carboxylic acids is 1. The third kappa shape index (κ3) is 4.04. The molecule has 21 heavy (non-hydrogen) atoms. The fraction of sp³-hybridized carbons (Fsp3) is 0.0588. The van der Waals surface area contributed by atoms with E-state index in [4.69, 9.17) is 4.74 Å². The fourth-order valence-corrected chi connectivity index (χ4v) is 1.85. The number of carboxylic acid groups (broad SMARTS) is 1. The first-order valence-corrected chi connectivity index (χ1v) is 6.35. The predicted molar refractivity (Wildman–Crippen MR) is 79.7 cm³/mol. The van der Waals surface area contributed by atoms with Gasteiger partial charge in [0, 0.05) is 6.92 Å². The van der Waals surface area contributed by atoms with Gasteiger partial charge in [-0.2, -0.15) is 0 Å². The van der Waals surface area contributed by atoms with E-state index in [2.05, 4.69) is 0 Å². The second kappa shape index (κ2) is 6.52. The molecule has 0 aliphatic rings. The van der Waals surface area contributed by atoms with Gasteiger partial charge in [-0.05, 0) is 29.3 Å². The molecule has 0 aliphatic carbocycles. The third-order valence-corrected chi connectivity index (χ3v) is 2.77. The van der Waals surface area contributed by atoms with Gasteiger partial charge in [0.25, 0.3) is 0 Å². The summed E-state index contributed by atoms with van der Waals surface area (Å²) in [6.45, 7) is 1.33. The number of hydrogen-bond acceptors (Lipinski definition) is 3. The normalized spacial score (nSPS) is 11.0. The summed E-state index contributed by atoms with van der Waals surface area (Å²) in [5, 5.41) is 9.32. The number of benzene rings is 2. The van der Waals surface area contributed by atoms with Crippen LogP contribution in [0.2, 0.25) is 0 Å². The lowest BCUT2D eigenvalue weighted by Gasteiger charge is -2.04. The first-order chi connectivity index (χ1) is 10.1. The fourth-order valence-electron chi connectivity index (χ4n) is 1.85. The van der Waals surface area contributed by atoms with Crippen molar-refractivity contribution in [3.8, 4) is 5.75 Å². The van der Waals surface area contributed by atoms with Crippen LogP contribution in [0.3, 0.4) is 0 Å². The molecule has 0 aliphatic heterocycles. The molecule has 0 atom stereocenters. The maximum Gasteiger partial charge on any atom is 0.336 e. The standard InChI is InChI=1S/C17H14O4/c1-12(18)21-15-9-7-13(8-10-15)11-16(17(19)20)14-5-3-2-4-6-14/h2-11H,1H3,(H,19,20)/b16-11-. The number of carbonyl (C=O) groups is 2. The Kier molecular flexibility index (Phi) is 4.51. The van der Waals surface area contributed by atoms with E-state index >= 15 is 0 Å². The Morgan fingerprint density at radius 1 is 1.00 bits per heavy atom. The van der Waals surface area contributed by atoms with E-state index in [9.17, 15) is 14.7 Å². The minimum absolute atomic E-state index is 0.204. The van der Waals surface area contributed by atoms with Gasteiger partial charge < -0.3 is 9.84 Å². The Hall–Kier alpha value is -2.88. The molecule has 0 spiro atoms. The van der Waals surface area contributed by atoms with Crippen LogP contribution in [0.15, 0.2) is 54.6 Å². The Morgan fingerprint density at radius 2 is 1.62 bits per heavy atom. The molecule has 4 heteroatoms. The highest BCUT2D eigenvalue weighted by Gasteiger charge is 2.09. The van der Waals surface area contributed by atoms with E-state index in [1.807, 2.05) is 6.07 Å². The van der Waals surface area contributed by atoms with E-state index in [1.165, 1.54) is 6.92 Å². The number of aliphatic carboxylic acids is 1. The van der Waals surface area contributed by atoms with Crippen LogP contribution in [0.1, 0.15) is 18.1 Å². The summed E-state index contributed by atoms with van der Waals surface area (Å²) < 4.78 is 4.93. The molecule has 0 heterocycles. The number of carbonyl (C=O) groups excluding carboxylic acids is 1. The average molecular weight is 282 g/mol. The summed E-state index contributed by atoms with van der Waals surface area (Å²) in [5.74, 6) is -0.963. The highest BCUT2D eigenvalue weighted by atomic mass is 16.5. The minimum atomic E-state index is -0.995. The molecule has 2 aromatic carbocycles. The Balaban J connectivity index is 2.31. The summed E-state index contributed by atoms with van der Waals surface area (Å²) in [4.78, 5) is 22.2. The molecule has 0 aromatic heterocycles. The van der Waals surface area contributed by atoms with Gasteiger partial charge in [0.1, 0.15) is 5.75 Å². The first kappa shape index (κ1) is 14.5. The van der Waals surface area contributed by atoms with Crippen LogP contribution in [-0.4, -0.2) is 17.0 Å². The van der Waals surface area contributed by atoms with E-state index in [0.29, 0.717) is 16.9 Å². The van der Waals surface area contributed by atoms with E-state index in [1.54, 1.807) is 54.6 Å². The second-order valence-corrected chi connectivity index (χ2v) is 4.39. The van der Waals surface area contributed by atoms with Gasteiger partial charge in [0.05, 0.1) is 5.57 Å². The van der Waals surface area contributed by atoms with Crippen molar-refractivity contribution in [1.82, 2.24) is 0 Å². The largest absolute Gasteiger partial charge is 0.478 e. The van der Waals surface area contributed by atoms with Gasteiger partial charge in [0.15, 0.2) is 0 Å². The SMILES string of the molecule is CC(=O)Oc1ccc(/C=C(\C(=O)O)c2ccccc2)cc1. The highest BCUT2D eigenvalue weighted by Crippen LogP contribution is 2.20. The maximum absolute atomic E-state index is 11.4. The lowest BCUT2D eigenvalue weighted by atomic mass is 10.0. The summed E-state index contributed by atoms with van der Waals surface area (Å²) >= 11 is 0. The van der Waals surface area contributed by atoms with Gasteiger partial charge in [-0.1, -0.05) is 42.5 Å². The molecule has 2 rings (SSSR count). The molecule has 0 saturated heterocycles. The van der Waals surface area contributed by atoms with Gasteiger partial charge in [-0.25, -0.2) is 4.79 Å². The Labute approximate surface area is 122 Å². The van der Waals surface area contributed by atoms with Crippen LogP contribution in [0.25, 0.3) is 11.6 Å². The van der Waals surface area contributed by atoms with E-state index in [0.717, 1.165) is 0 Å².